The summed E-state index contributed by atoms with van der Waals surface area (Å²) in [5, 5.41) is 3.66. The molecule has 0 saturated carbocycles. The monoisotopic (exact) mass is 527 g/mol. The average molecular weight is 528 g/mol. The molecule has 1 aliphatic rings. The molecule has 7 heteroatoms. The molecule has 34 heavy (non-hydrogen) atoms. The number of hydrogen-bond acceptors (Lipinski definition) is 6. The van der Waals surface area contributed by atoms with Crippen LogP contribution in [0.3, 0.4) is 0 Å². The first-order valence-electron chi connectivity index (χ1n) is 11.2. The first-order valence-corrected chi connectivity index (χ1v) is 12.0. The average Bonchev–Trinajstić information content (AvgIpc) is 2.88. The number of hydrogen-bond donors (Lipinski definition) is 1. The fourth-order valence-electron chi connectivity index (χ4n) is 4.43. The first-order chi connectivity index (χ1) is 16.6. The Kier molecular flexibility index (Phi) is 7.85. The van der Waals surface area contributed by atoms with Crippen LogP contribution in [0.1, 0.15) is 28.3 Å². The van der Waals surface area contributed by atoms with Gasteiger partial charge in [-0.1, -0.05) is 46.3 Å². The van der Waals surface area contributed by atoms with Crippen LogP contribution in [-0.2, 0) is 19.4 Å². The highest BCUT2D eigenvalue weighted by atomic mass is 79.9. The van der Waals surface area contributed by atoms with E-state index in [-0.39, 0.29) is 6.04 Å². The van der Waals surface area contributed by atoms with E-state index in [0.29, 0.717) is 29.6 Å². The van der Waals surface area contributed by atoms with Gasteiger partial charge >= 0.3 is 0 Å². The fourth-order valence-corrected chi connectivity index (χ4v) is 4.91. The third kappa shape index (κ3) is 4.95. The molecule has 3 aromatic rings. The van der Waals surface area contributed by atoms with Crippen LogP contribution in [-0.4, -0.2) is 35.0 Å². The van der Waals surface area contributed by atoms with Crippen LogP contribution >= 0.6 is 15.9 Å². The normalized spacial score (nSPS) is 14.8. The lowest BCUT2D eigenvalue weighted by Gasteiger charge is -2.30. The van der Waals surface area contributed by atoms with Crippen molar-refractivity contribution in [2.75, 3.05) is 35.0 Å². The van der Waals surface area contributed by atoms with Gasteiger partial charge in [0, 0.05) is 16.1 Å². The van der Waals surface area contributed by atoms with Gasteiger partial charge in [-0.3, -0.25) is 0 Å². The summed E-state index contributed by atoms with van der Waals surface area (Å²) in [5.41, 5.74) is 4.50. The molecular formula is C27H30BrNO5. The molecule has 0 bridgehead atoms. The largest absolute Gasteiger partial charge is 0.493 e. The number of fused-ring (bicyclic) bond motifs is 1. The van der Waals surface area contributed by atoms with E-state index in [1.807, 2.05) is 42.5 Å². The molecule has 4 rings (SSSR count). The lowest BCUT2D eigenvalue weighted by molar-refractivity contribution is 0.272. The van der Waals surface area contributed by atoms with Crippen LogP contribution in [0.25, 0.3) is 0 Å². The number of halogens is 1. The second kappa shape index (κ2) is 11.0. The van der Waals surface area contributed by atoms with Gasteiger partial charge in [-0.15, -0.1) is 0 Å². The molecular weight excluding hydrogens is 498 g/mol. The Morgan fingerprint density at radius 2 is 1.56 bits per heavy atom. The zero-order chi connectivity index (χ0) is 24.1. The minimum Gasteiger partial charge on any atom is -0.493 e. The van der Waals surface area contributed by atoms with Crippen LogP contribution in [0, 0.1) is 0 Å². The van der Waals surface area contributed by atoms with Gasteiger partial charge in [0.2, 0.25) is 5.75 Å². The molecule has 1 unspecified atom stereocenters. The second-order valence-electron chi connectivity index (χ2n) is 8.04. The van der Waals surface area contributed by atoms with E-state index < -0.39 is 0 Å². The van der Waals surface area contributed by atoms with Crippen LogP contribution in [0.4, 0.5) is 0 Å². The minimum atomic E-state index is 0.0667. The van der Waals surface area contributed by atoms with Crippen LogP contribution in [0.2, 0.25) is 0 Å². The number of benzene rings is 3. The maximum Gasteiger partial charge on any atom is 0.203 e. The van der Waals surface area contributed by atoms with E-state index >= 15 is 0 Å². The Morgan fingerprint density at radius 3 is 2.24 bits per heavy atom. The highest BCUT2D eigenvalue weighted by molar-refractivity contribution is 9.10. The molecule has 3 aromatic carbocycles. The topological polar surface area (TPSA) is 58.2 Å². The predicted molar refractivity (Wildman–Crippen MR) is 136 cm³/mol. The summed E-state index contributed by atoms with van der Waals surface area (Å²) < 4.78 is 29.7. The Hall–Kier alpha value is -2.90. The van der Waals surface area contributed by atoms with Crippen molar-refractivity contribution in [1.29, 1.82) is 0 Å². The second-order valence-corrected chi connectivity index (χ2v) is 8.90. The Balaban J connectivity index is 1.70. The van der Waals surface area contributed by atoms with Crippen LogP contribution in [0.5, 0.6) is 28.7 Å². The Bertz CT molecular complexity index is 1140. The van der Waals surface area contributed by atoms with Gasteiger partial charge in [0.1, 0.15) is 6.61 Å². The first kappa shape index (κ1) is 24.2. The quantitative estimate of drug-likeness (QED) is 0.397. The van der Waals surface area contributed by atoms with Crippen molar-refractivity contribution in [2.24, 2.45) is 0 Å². The summed E-state index contributed by atoms with van der Waals surface area (Å²) in [5.74, 6) is 3.43. The van der Waals surface area contributed by atoms with Gasteiger partial charge in [-0.05, 0) is 54.3 Å². The van der Waals surface area contributed by atoms with Gasteiger partial charge in [0.05, 0.1) is 28.4 Å². The molecule has 6 nitrogen and oxygen atoms in total. The molecule has 1 atom stereocenters. The standard InChI is InChI=1S/C27H30BrNO5/c1-30-23-13-18(21(28)15-24(23)31-2)12-22-20-14-25(34-16-17-8-6-5-7-9-17)27(33-4)26(32-3)19(20)10-11-29-22/h5-9,13-15,22,29H,10-12,16H2,1-4H3. The molecule has 0 amide bonds. The van der Waals surface area contributed by atoms with E-state index in [4.69, 9.17) is 23.7 Å². The van der Waals surface area contributed by atoms with Gasteiger partial charge in [-0.25, -0.2) is 0 Å². The highest BCUT2D eigenvalue weighted by Gasteiger charge is 2.29. The van der Waals surface area contributed by atoms with E-state index in [1.54, 1.807) is 28.4 Å². The molecule has 0 aromatic heterocycles. The third-order valence-electron chi connectivity index (χ3n) is 6.10. The van der Waals surface area contributed by atoms with E-state index in [0.717, 1.165) is 51.9 Å². The zero-order valence-electron chi connectivity index (χ0n) is 19.9. The van der Waals surface area contributed by atoms with Crippen LogP contribution in [0.15, 0.2) is 53.0 Å². The molecule has 0 saturated heterocycles. The summed E-state index contributed by atoms with van der Waals surface area (Å²) in [6.45, 7) is 1.28. The van der Waals surface area contributed by atoms with E-state index in [9.17, 15) is 0 Å². The minimum absolute atomic E-state index is 0.0667. The maximum atomic E-state index is 6.23. The van der Waals surface area contributed by atoms with Crippen molar-refractivity contribution < 1.29 is 23.7 Å². The van der Waals surface area contributed by atoms with E-state index in [1.165, 1.54) is 0 Å². The van der Waals surface area contributed by atoms with Crippen molar-refractivity contribution in [2.45, 2.75) is 25.5 Å². The SMILES string of the molecule is COc1cc(Br)c(CC2NCCc3c2cc(OCc2ccccc2)c(OC)c3OC)cc1OC. The number of ether oxygens (including phenoxy) is 5. The van der Waals surface area contributed by atoms with Crippen molar-refractivity contribution in [1.82, 2.24) is 5.32 Å². The molecule has 0 aliphatic carbocycles. The van der Waals surface area contributed by atoms with Crippen molar-refractivity contribution in [3.63, 3.8) is 0 Å². The van der Waals surface area contributed by atoms with Gasteiger partial charge < -0.3 is 29.0 Å². The van der Waals surface area contributed by atoms with Crippen molar-refractivity contribution in [3.05, 3.63) is 75.3 Å². The molecule has 1 N–H and O–H groups in total. The van der Waals surface area contributed by atoms with Gasteiger partial charge in [0.15, 0.2) is 23.0 Å². The highest BCUT2D eigenvalue weighted by Crippen LogP contribution is 2.46. The predicted octanol–water partition coefficient (Wildman–Crippen LogP) is 5.49. The fraction of sp³-hybridized carbons (Fsp3) is 0.333. The summed E-state index contributed by atoms with van der Waals surface area (Å²) in [6, 6.07) is 16.2. The lowest BCUT2D eigenvalue weighted by Crippen LogP contribution is -2.31. The molecule has 180 valence electrons. The summed E-state index contributed by atoms with van der Waals surface area (Å²) in [7, 11) is 6.62. The third-order valence-corrected chi connectivity index (χ3v) is 6.84. The Morgan fingerprint density at radius 1 is 0.853 bits per heavy atom. The smallest absolute Gasteiger partial charge is 0.203 e. The van der Waals surface area contributed by atoms with E-state index in [2.05, 4.69) is 27.3 Å². The maximum absolute atomic E-state index is 6.23. The van der Waals surface area contributed by atoms with Crippen LogP contribution < -0.4 is 29.0 Å². The number of methoxy groups -OCH3 is 4. The summed E-state index contributed by atoms with van der Waals surface area (Å²) in [4.78, 5) is 0. The molecule has 1 heterocycles. The molecule has 0 radical (unpaired) electrons. The summed E-state index contributed by atoms with van der Waals surface area (Å²) in [6.07, 6.45) is 1.60. The zero-order valence-corrected chi connectivity index (χ0v) is 21.5. The van der Waals surface area contributed by atoms with Crippen molar-refractivity contribution >= 4 is 15.9 Å². The number of nitrogens with one attached hydrogen (secondary N) is 1. The van der Waals surface area contributed by atoms with Gasteiger partial charge in [-0.2, -0.15) is 0 Å². The molecule has 0 fully saturated rings. The van der Waals surface area contributed by atoms with Gasteiger partial charge in [0.25, 0.3) is 0 Å². The number of rotatable bonds is 9. The molecule has 0 spiro atoms. The summed E-state index contributed by atoms with van der Waals surface area (Å²) >= 11 is 3.70. The molecule has 1 aliphatic heterocycles. The lowest BCUT2D eigenvalue weighted by atomic mass is 9.89. The Labute approximate surface area is 209 Å². The van der Waals surface area contributed by atoms with Crippen molar-refractivity contribution in [3.8, 4) is 28.7 Å².